The molecule has 0 spiro atoms. The lowest BCUT2D eigenvalue weighted by Crippen LogP contribution is -2.32. The van der Waals surface area contributed by atoms with Gasteiger partial charge in [-0.2, -0.15) is 5.10 Å². The van der Waals surface area contributed by atoms with Gasteiger partial charge < -0.3 is 19.8 Å². The van der Waals surface area contributed by atoms with Crippen molar-refractivity contribution in [3.05, 3.63) is 88.0 Å². The van der Waals surface area contributed by atoms with E-state index < -0.39 is 0 Å². The zero-order valence-electron chi connectivity index (χ0n) is 20.9. The summed E-state index contributed by atoms with van der Waals surface area (Å²) in [7, 11) is 1.61. The van der Waals surface area contributed by atoms with E-state index in [0.29, 0.717) is 31.2 Å². The standard InChI is InChI=1S/C28H32N4O4/c1-4-6-15-32-27(33)14-12-24(31-32)28(34)30-17-21(22-18-29-23-10-8-7-9-20(22)23)19-11-13-25(36-5-2)26(16-19)35-3/h7-14,16,18,21,29H,4-6,15,17H2,1-3H3,(H,30,34). The first kappa shape index (κ1) is 25.0. The fourth-order valence-electron chi connectivity index (χ4n) is 4.29. The van der Waals surface area contributed by atoms with E-state index >= 15 is 0 Å². The van der Waals surface area contributed by atoms with Gasteiger partial charge in [0.05, 0.1) is 13.7 Å². The first-order valence-electron chi connectivity index (χ1n) is 12.3. The first-order valence-corrected chi connectivity index (χ1v) is 12.3. The van der Waals surface area contributed by atoms with Crippen molar-refractivity contribution in [3.63, 3.8) is 0 Å². The molecule has 8 heteroatoms. The second-order valence-electron chi connectivity index (χ2n) is 8.53. The molecule has 4 aromatic rings. The van der Waals surface area contributed by atoms with E-state index in [9.17, 15) is 9.59 Å². The monoisotopic (exact) mass is 488 g/mol. The number of fused-ring (bicyclic) bond motifs is 1. The lowest BCUT2D eigenvalue weighted by atomic mass is 9.90. The second kappa shape index (κ2) is 11.6. The number of hydrogen-bond acceptors (Lipinski definition) is 5. The van der Waals surface area contributed by atoms with E-state index in [-0.39, 0.29) is 23.1 Å². The molecule has 1 unspecified atom stereocenters. The maximum atomic E-state index is 13.1. The van der Waals surface area contributed by atoms with E-state index in [0.717, 1.165) is 34.9 Å². The Labute approximate surface area is 210 Å². The van der Waals surface area contributed by atoms with Gasteiger partial charge in [-0.15, -0.1) is 0 Å². The van der Waals surface area contributed by atoms with Crippen LogP contribution in [0.5, 0.6) is 11.5 Å². The average Bonchev–Trinajstić information content (AvgIpc) is 3.33. The summed E-state index contributed by atoms with van der Waals surface area (Å²) in [6.07, 6.45) is 3.73. The van der Waals surface area contributed by atoms with Crippen LogP contribution in [0.25, 0.3) is 10.9 Å². The van der Waals surface area contributed by atoms with Gasteiger partial charge in [-0.05, 0) is 48.7 Å². The van der Waals surface area contributed by atoms with Crippen molar-refractivity contribution in [2.24, 2.45) is 0 Å². The van der Waals surface area contributed by atoms with Crippen LogP contribution < -0.4 is 20.3 Å². The van der Waals surface area contributed by atoms with Gasteiger partial charge in [-0.25, -0.2) is 4.68 Å². The van der Waals surface area contributed by atoms with Crippen molar-refractivity contribution in [3.8, 4) is 11.5 Å². The zero-order chi connectivity index (χ0) is 25.5. The number of hydrogen-bond donors (Lipinski definition) is 2. The van der Waals surface area contributed by atoms with Gasteiger partial charge in [-0.3, -0.25) is 9.59 Å². The number of aryl methyl sites for hydroxylation is 1. The molecule has 0 bridgehead atoms. The maximum absolute atomic E-state index is 13.1. The number of rotatable bonds is 11. The Bertz CT molecular complexity index is 1390. The van der Waals surface area contributed by atoms with Crippen LogP contribution in [0.2, 0.25) is 0 Å². The first-order chi connectivity index (χ1) is 17.5. The quantitative estimate of drug-likeness (QED) is 0.324. The number of carbonyl (C=O) groups excluding carboxylic acids is 1. The fraction of sp³-hybridized carbons (Fsp3) is 0.321. The Kier molecular flexibility index (Phi) is 8.05. The van der Waals surface area contributed by atoms with Crippen molar-refractivity contribution in [1.82, 2.24) is 20.1 Å². The van der Waals surface area contributed by atoms with Crippen LogP contribution in [0, 0.1) is 0 Å². The van der Waals surface area contributed by atoms with Gasteiger partial charge >= 0.3 is 0 Å². The van der Waals surface area contributed by atoms with Gasteiger partial charge in [0.2, 0.25) is 0 Å². The van der Waals surface area contributed by atoms with Gasteiger partial charge in [0.1, 0.15) is 5.69 Å². The summed E-state index contributed by atoms with van der Waals surface area (Å²) in [4.78, 5) is 28.5. The van der Waals surface area contributed by atoms with Crippen molar-refractivity contribution in [2.45, 2.75) is 39.2 Å². The van der Waals surface area contributed by atoms with E-state index in [1.807, 2.05) is 56.4 Å². The Morgan fingerprint density at radius 1 is 1.11 bits per heavy atom. The molecule has 4 rings (SSSR count). The molecule has 36 heavy (non-hydrogen) atoms. The molecule has 0 aliphatic carbocycles. The number of carbonyl (C=O) groups is 1. The molecule has 1 amide bonds. The molecule has 188 valence electrons. The number of para-hydroxylation sites is 1. The van der Waals surface area contributed by atoms with E-state index in [2.05, 4.69) is 21.5 Å². The van der Waals surface area contributed by atoms with Crippen LogP contribution in [0.15, 0.2) is 65.6 Å². The predicted octanol–water partition coefficient (Wildman–Crippen LogP) is 4.49. The maximum Gasteiger partial charge on any atom is 0.271 e. The van der Waals surface area contributed by atoms with Gasteiger partial charge in [0.25, 0.3) is 11.5 Å². The summed E-state index contributed by atoms with van der Waals surface area (Å²) in [5, 5.41) is 8.39. The highest BCUT2D eigenvalue weighted by atomic mass is 16.5. The number of nitrogens with zero attached hydrogens (tertiary/aromatic N) is 2. The summed E-state index contributed by atoms with van der Waals surface area (Å²) in [5.74, 6) is 0.808. The van der Waals surface area contributed by atoms with E-state index in [4.69, 9.17) is 9.47 Å². The van der Waals surface area contributed by atoms with E-state index in [1.54, 1.807) is 7.11 Å². The van der Waals surface area contributed by atoms with Crippen LogP contribution in [0.3, 0.4) is 0 Å². The molecule has 2 heterocycles. The second-order valence-corrected chi connectivity index (χ2v) is 8.53. The molecule has 0 fully saturated rings. The molecule has 0 saturated carbocycles. The molecule has 1 atom stereocenters. The Hall–Kier alpha value is -4.07. The summed E-state index contributed by atoms with van der Waals surface area (Å²) in [5.41, 5.74) is 3.05. The van der Waals surface area contributed by atoms with Gasteiger partial charge in [0, 0.05) is 42.2 Å². The normalized spacial score (nSPS) is 11.9. The smallest absolute Gasteiger partial charge is 0.271 e. The molecule has 8 nitrogen and oxygen atoms in total. The lowest BCUT2D eigenvalue weighted by molar-refractivity contribution is 0.0944. The number of aromatic amines is 1. The van der Waals surface area contributed by atoms with Crippen LogP contribution in [0.4, 0.5) is 0 Å². The van der Waals surface area contributed by atoms with Crippen LogP contribution in [0.1, 0.15) is 54.2 Å². The van der Waals surface area contributed by atoms with Crippen molar-refractivity contribution < 1.29 is 14.3 Å². The minimum absolute atomic E-state index is 0.166. The van der Waals surface area contributed by atoms with Gasteiger partial charge in [0.15, 0.2) is 11.5 Å². The lowest BCUT2D eigenvalue weighted by Gasteiger charge is -2.20. The zero-order valence-corrected chi connectivity index (χ0v) is 20.9. The number of nitrogens with one attached hydrogen (secondary N) is 2. The average molecular weight is 489 g/mol. The molecule has 2 aromatic heterocycles. The summed E-state index contributed by atoms with van der Waals surface area (Å²) < 4.78 is 12.6. The van der Waals surface area contributed by atoms with Crippen LogP contribution >= 0.6 is 0 Å². The third-order valence-corrected chi connectivity index (χ3v) is 6.18. The minimum Gasteiger partial charge on any atom is -0.493 e. The highest BCUT2D eigenvalue weighted by molar-refractivity contribution is 5.92. The highest BCUT2D eigenvalue weighted by Crippen LogP contribution is 2.35. The highest BCUT2D eigenvalue weighted by Gasteiger charge is 2.22. The molecular formula is C28H32N4O4. The molecule has 0 radical (unpaired) electrons. The van der Waals surface area contributed by atoms with Crippen molar-refractivity contribution in [1.29, 1.82) is 0 Å². The minimum atomic E-state index is -0.331. The molecule has 0 aliphatic heterocycles. The molecule has 2 N–H and O–H groups in total. The third-order valence-electron chi connectivity index (χ3n) is 6.18. The Balaban J connectivity index is 1.65. The van der Waals surface area contributed by atoms with E-state index in [1.165, 1.54) is 16.8 Å². The number of amides is 1. The largest absolute Gasteiger partial charge is 0.493 e. The van der Waals surface area contributed by atoms with Crippen LogP contribution in [-0.2, 0) is 6.54 Å². The van der Waals surface area contributed by atoms with Crippen molar-refractivity contribution in [2.75, 3.05) is 20.3 Å². The number of H-pyrrole nitrogens is 1. The van der Waals surface area contributed by atoms with Crippen LogP contribution in [-0.4, -0.2) is 40.9 Å². The summed E-state index contributed by atoms with van der Waals surface area (Å²) >= 11 is 0. The summed E-state index contributed by atoms with van der Waals surface area (Å²) in [6, 6.07) is 16.8. The number of unbranched alkanes of at least 4 members (excludes halogenated alkanes) is 1. The number of benzene rings is 2. The molecule has 0 saturated heterocycles. The predicted molar refractivity (Wildman–Crippen MR) is 140 cm³/mol. The Morgan fingerprint density at radius 3 is 2.72 bits per heavy atom. The SMILES string of the molecule is CCCCn1nc(C(=O)NCC(c2ccc(OCC)c(OC)c2)c2c[nH]c3ccccc23)ccc1=O. The Morgan fingerprint density at radius 2 is 1.94 bits per heavy atom. The molecule has 2 aromatic carbocycles. The number of aromatic nitrogens is 3. The third kappa shape index (κ3) is 5.43. The molecule has 0 aliphatic rings. The summed E-state index contributed by atoms with van der Waals surface area (Å²) in [6.45, 7) is 5.32. The van der Waals surface area contributed by atoms with Crippen molar-refractivity contribution >= 4 is 16.8 Å². The number of methoxy groups -OCH3 is 1. The number of ether oxygens (including phenoxy) is 2. The molecular weight excluding hydrogens is 456 g/mol. The topological polar surface area (TPSA) is 98.2 Å². The van der Waals surface area contributed by atoms with Gasteiger partial charge in [-0.1, -0.05) is 37.6 Å². The fourth-order valence-corrected chi connectivity index (χ4v) is 4.29.